The fourth-order valence-electron chi connectivity index (χ4n) is 2.32. The van der Waals surface area contributed by atoms with Crippen LogP contribution in [-0.2, 0) is 4.79 Å². The molecule has 116 valence electrons. The van der Waals surface area contributed by atoms with Crippen LogP contribution in [0.25, 0.3) is 0 Å². The number of hydrogen-bond acceptors (Lipinski definition) is 1. The third-order valence-corrected chi connectivity index (χ3v) is 4.02. The van der Waals surface area contributed by atoms with Crippen LogP contribution in [0.3, 0.4) is 0 Å². The third kappa shape index (κ3) is 3.36. The molecule has 7 heteroatoms. The molecule has 1 nitrogen and oxygen atoms in total. The van der Waals surface area contributed by atoms with Crippen molar-refractivity contribution in [3.8, 4) is 0 Å². The molecule has 0 aromatic heterocycles. The van der Waals surface area contributed by atoms with E-state index in [9.17, 15) is 26.7 Å². The van der Waals surface area contributed by atoms with E-state index in [1.165, 1.54) is 24.3 Å². The Kier molecular flexibility index (Phi) is 4.04. The van der Waals surface area contributed by atoms with Gasteiger partial charge < -0.3 is 0 Å². The highest BCUT2D eigenvalue weighted by Gasteiger charge is 2.57. The summed E-state index contributed by atoms with van der Waals surface area (Å²) in [5.74, 6) is -7.13. The second-order valence-electron chi connectivity index (χ2n) is 5.30. The Balaban J connectivity index is 2.24. The van der Waals surface area contributed by atoms with Crippen LogP contribution in [-0.4, -0.2) is 17.3 Å². The molecule has 1 saturated carbocycles. The summed E-state index contributed by atoms with van der Waals surface area (Å²) in [4.78, 5) is 11.3. The molecule has 0 spiro atoms. The summed E-state index contributed by atoms with van der Waals surface area (Å²) >= 11 is 5.28. The highest BCUT2D eigenvalue weighted by molar-refractivity contribution is 6.64. The molecule has 2 rings (SSSR count). The van der Waals surface area contributed by atoms with Gasteiger partial charge in [-0.25, -0.2) is 8.78 Å². The van der Waals surface area contributed by atoms with E-state index >= 15 is 0 Å². The standard InChI is InChI=1S/C14H12ClF5O/c1-7(14(18,19)20)11(12(15)21)9-4-2-8(3-5-9)10-6-13(10,16)17/h2-5,7,10-11H,6H2,1H3/t7-,10?,11+/m1/s1. The van der Waals surface area contributed by atoms with Gasteiger partial charge in [-0.15, -0.1) is 0 Å². The maximum absolute atomic E-state index is 12.9. The maximum atomic E-state index is 12.9. The first-order valence-corrected chi connectivity index (χ1v) is 6.65. The van der Waals surface area contributed by atoms with Crippen LogP contribution >= 0.6 is 11.6 Å². The number of alkyl halides is 5. The summed E-state index contributed by atoms with van der Waals surface area (Å²) in [7, 11) is 0. The Hall–Kier alpha value is -1.17. The minimum Gasteiger partial charge on any atom is -0.281 e. The van der Waals surface area contributed by atoms with E-state index in [1.807, 2.05) is 0 Å². The van der Waals surface area contributed by atoms with Gasteiger partial charge in [0.05, 0.1) is 17.8 Å². The van der Waals surface area contributed by atoms with Gasteiger partial charge >= 0.3 is 6.18 Å². The number of carbonyl (C=O) groups is 1. The fraction of sp³-hybridized carbons (Fsp3) is 0.500. The van der Waals surface area contributed by atoms with Crippen LogP contribution in [0.4, 0.5) is 22.0 Å². The van der Waals surface area contributed by atoms with Gasteiger partial charge in [0.15, 0.2) is 0 Å². The van der Waals surface area contributed by atoms with Crippen LogP contribution in [0.2, 0.25) is 0 Å². The Morgan fingerprint density at radius 2 is 1.76 bits per heavy atom. The smallest absolute Gasteiger partial charge is 0.281 e. The predicted molar refractivity (Wildman–Crippen MR) is 67.6 cm³/mol. The second-order valence-corrected chi connectivity index (χ2v) is 5.67. The lowest BCUT2D eigenvalue weighted by atomic mass is 9.87. The van der Waals surface area contributed by atoms with Crippen LogP contribution in [0, 0.1) is 5.92 Å². The number of rotatable bonds is 4. The molecular formula is C14H12ClF5O. The SMILES string of the molecule is C[C@H]([C@H](C(=O)Cl)c1ccc(C2CC2(F)F)cc1)C(F)(F)F. The minimum atomic E-state index is -4.57. The van der Waals surface area contributed by atoms with Gasteiger partial charge in [0.1, 0.15) is 0 Å². The van der Waals surface area contributed by atoms with Gasteiger partial charge in [-0.3, -0.25) is 4.79 Å². The molecule has 0 bridgehead atoms. The van der Waals surface area contributed by atoms with E-state index in [0.29, 0.717) is 5.56 Å². The van der Waals surface area contributed by atoms with Crippen LogP contribution in [0.15, 0.2) is 24.3 Å². The van der Waals surface area contributed by atoms with Crippen molar-refractivity contribution in [2.75, 3.05) is 0 Å². The second kappa shape index (κ2) is 5.23. The topological polar surface area (TPSA) is 17.1 Å². The molecule has 3 atom stereocenters. The molecule has 21 heavy (non-hydrogen) atoms. The van der Waals surface area contributed by atoms with Crippen LogP contribution < -0.4 is 0 Å². The zero-order valence-electron chi connectivity index (χ0n) is 10.9. The van der Waals surface area contributed by atoms with Crippen molar-refractivity contribution in [3.05, 3.63) is 35.4 Å². The largest absolute Gasteiger partial charge is 0.392 e. The molecule has 0 saturated heterocycles. The van der Waals surface area contributed by atoms with E-state index in [-0.39, 0.29) is 12.0 Å². The molecule has 0 amide bonds. The van der Waals surface area contributed by atoms with Crippen molar-refractivity contribution in [1.82, 2.24) is 0 Å². The lowest BCUT2D eigenvalue weighted by molar-refractivity contribution is -0.177. The summed E-state index contributed by atoms with van der Waals surface area (Å²) in [5.41, 5.74) is 0.428. The van der Waals surface area contributed by atoms with Gasteiger partial charge in [0, 0.05) is 6.42 Å². The molecule has 0 heterocycles. The molecule has 1 fully saturated rings. The van der Waals surface area contributed by atoms with Crippen molar-refractivity contribution in [2.24, 2.45) is 5.92 Å². The van der Waals surface area contributed by atoms with Crippen molar-refractivity contribution >= 4 is 16.8 Å². The van der Waals surface area contributed by atoms with Crippen molar-refractivity contribution < 1.29 is 26.7 Å². The average molecular weight is 327 g/mol. The van der Waals surface area contributed by atoms with E-state index in [1.54, 1.807) is 0 Å². The first-order valence-electron chi connectivity index (χ1n) is 6.28. The molecule has 1 aliphatic rings. The van der Waals surface area contributed by atoms with Crippen LogP contribution in [0.5, 0.6) is 0 Å². The third-order valence-electron chi connectivity index (χ3n) is 3.78. The first kappa shape index (κ1) is 16.2. The van der Waals surface area contributed by atoms with E-state index in [2.05, 4.69) is 0 Å². The molecule has 1 unspecified atom stereocenters. The summed E-state index contributed by atoms with van der Waals surface area (Å²) in [5, 5.41) is -1.12. The zero-order chi connectivity index (χ0) is 16.0. The summed E-state index contributed by atoms with van der Waals surface area (Å²) < 4.78 is 64.1. The molecule has 1 aromatic rings. The molecular weight excluding hydrogens is 315 g/mol. The summed E-state index contributed by atoms with van der Waals surface area (Å²) in [6, 6.07) is 5.18. The van der Waals surface area contributed by atoms with Gasteiger partial charge in [-0.05, 0) is 22.7 Å². The fourth-order valence-corrected chi connectivity index (χ4v) is 2.63. The van der Waals surface area contributed by atoms with Gasteiger partial charge in [-0.1, -0.05) is 31.2 Å². The van der Waals surface area contributed by atoms with E-state index in [0.717, 1.165) is 6.92 Å². The Bertz CT molecular complexity index is 537. The molecule has 1 aromatic carbocycles. The number of benzene rings is 1. The van der Waals surface area contributed by atoms with Crippen molar-refractivity contribution in [1.29, 1.82) is 0 Å². The van der Waals surface area contributed by atoms with E-state index < -0.39 is 35.1 Å². The highest BCUT2D eigenvalue weighted by Crippen LogP contribution is 2.55. The highest BCUT2D eigenvalue weighted by atomic mass is 35.5. The normalized spacial score (nSPS) is 23.5. The number of hydrogen-bond donors (Lipinski definition) is 0. The lowest BCUT2D eigenvalue weighted by Crippen LogP contribution is -2.29. The van der Waals surface area contributed by atoms with Crippen molar-refractivity contribution in [2.45, 2.75) is 37.3 Å². The van der Waals surface area contributed by atoms with E-state index in [4.69, 9.17) is 11.6 Å². The zero-order valence-corrected chi connectivity index (χ0v) is 11.7. The molecule has 0 aliphatic heterocycles. The quantitative estimate of drug-likeness (QED) is 0.570. The molecule has 0 N–H and O–H groups in total. The average Bonchev–Trinajstić information content (AvgIpc) is 2.98. The van der Waals surface area contributed by atoms with Gasteiger partial charge in [0.25, 0.3) is 5.92 Å². The Labute approximate surface area is 123 Å². The number of halogens is 6. The molecule has 0 radical (unpaired) electrons. The monoisotopic (exact) mass is 326 g/mol. The summed E-state index contributed by atoms with van der Waals surface area (Å²) in [6.07, 6.45) is -4.83. The number of carbonyl (C=O) groups excluding carboxylic acids is 1. The first-order chi connectivity index (χ1) is 9.54. The lowest BCUT2D eigenvalue weighted by Gasteiger charge is -2.23. The Morgan fingerprint density at radius 1 is 1.29 bits per heavy atom. The molecule has 1 aliphatic carbocycles. The van der Waals surface area contributed by atoms with Gasteiger partial charge in [-0.2, -0.15) is 13.2 Å². The van der Waals surface area contributed by atoms with Gasteiger partial charge in [0.2, 0.25) is 5.24 Å². The van der Waals surface area contributed by atoms with Crippen LogP contribution in [0.1, 0.15) is 36.3 Å². The predicted octanol–water partition coefficient (Wildman–Crippen LogP) is 4.86. The summed E-state index contributed by atoms with van der Waals surface area (Å²) in [6.45, 7) is 0.869. The minimum absolute atomic E-state index is 0.0764. The maximum Gasteiger partial charge on any atom is 0.392 e. The van der Waals surface area contributed by atoms with Crippen molar-refractivity contribution in [3.63, 3.8) is 0 Å². The Morgan fingerprint density at radius 3 is 2.10 bits per heavy atom.